The molecule has 2 amide bonds. The second-order valence-corrected chi connectivity index (χ2v) is 8.42. The van der Waals surface area contributed by atoms with Crippen LogP contribution in [0.15, 0.2) is 36.9 Å². The molecule has 0 N–H and O–H groups in total. The second kappa shape index (κ2) is 7.83. The highest BCUT2D eigenvalue weighted by atomic mass is 16.5. The van der Waals surface area contributed by atoms with Crippen molar-refractivity contribution in [1.82, 2.24) is 24.3 Å². The molecular weight excluding hydrogens is 382 g/mol. The fourth-order valence-corrected chi connectivity index (χ4v) is 4.93. The molecule has 3 aliphatic rings. The molecule has 2 aromatic rings. The van der Waals surface area contributed by atoms with Crippen molar-refractivity contribution in [3.63, 3.8) is 0 Å². The molecule has 1 atom stereocenters. The van der Waals surface area contributed by atoms with Crippen LogP contribution >= 0.6 is 0 Å². The fourth-order valence-electron chi connectivity index (χ4n) is 4.93. The molecule has 2 aromatic heterocycles. The first kappa shape index (κ1) is 19.2. The molecule has 1 unspecified atom stereocenters. The normalized spacial score (nSPS) is 23.3. The van der Waals surface area contributed by atoms with E-state index in [-0.39, 0.29) is 11.8 Å². The standard InChI is InChI=1S/C22H27N5O3/c28-19(17-4-8-23-9-5-17)26-13-6-22(7-14-26)21-24-10-15-27(21)16-18(30-22)20(29)25-11-2-1-3-12-25/h4-5,8-10,15,18H,1-3,6-7,11-14,16H2. The first-order valence-electron chi connectivity index (χ1n) is 10.8. The van der Waals surface area contributed by atoms with Crippen molar-refractivity contribution in [2.45, 2.75) is 50.4 Å². The Morgan fingerprint density at radius 3 is 2.43 bits per heavy atom. The number of pyridine rings is 1. The maximum absolute atomic E-state index is 13.2. The van der Waals surface area contributed by atoms with Crippen molar-refractivity contribution in [2.24, 2.45) is 0 Å². The Labute approximate surface area is 175 Å². The highest BCUT2D eigenvalue weighted by molar-refractivity contribution is 5.94. The third-order valence-corrected chi connectivity index (χ3v) is 6.58. The Morgan fingerprint density at radius 2 is 1.70 bits per heavy atom. The van der Waals surface area contributed by atoms with Gasteiger partial charge < -0.3 is 19.1 Å². The van der Waals surface area contributed by atoms with E-state index in [2.05, 4.69) is 14.5 Å². The first-order valence-corrected chi connectivity index (χ1v) is 10.8. The molecule has 158 valence electrons. The number of carbonyl (C=O) groups is 2. The molecule has 0 saturated carbocycles. The zero-order valence-corrected chi connectivity index (χ0v) is 17.1. The van der Waals surface area contributed by atoms with Crippen LogP contribution in [0.3, 0.4) is 0 Å². The van der Waals surface area contributed by atoms with Crippen molar-refractivity contribution < 1.29 is 14.3 Å². The predicted octanol–water partition coefficient (Wildman–Crippen LogP) is 1.82. The van der Waals surface area contributed by atoms with Crippen LogP contribution in [0.5, 0.6) is 0 Å². The van der Waals surface area contributed by atoms with Gasteiger partial charge in [0.25, 0.3) is 11.8 Å². The number of imidazole rings is 1. The number of nitrogens with zero attached hydrogens (tertiary/aromatic N) is 5. The van der Waals surface area contributed by atoms with Crippen molar-refractivity contribution in [3.05, 3.63) is 48.3 Å². The number of aromatic nitrogens is 3. The molecule has 5 heterocycles. The van der Waals surface area contributed by atoms with Crippen molar-refractivity contribution in [2.75, 3.05) is 26.2 Å². The number of rotatable bonds is 2. The van der Waals surface area contributed by atoms with Crippen molar-refractivity contribution in [3.8, 4) is 0 Å². The lowest BCUT2D eigenvalue weighted by Gasteiger charge is -2.46. The van der Waals surface area contributed by atoms with Crippen LogP contribution in [-0.2, 0) is 21.7 Å². The van der Waals surface area contributed by atoms with Gasteiger partial charge in [0.2, 0.25) is 0 Å². The van der Waals surface area contributed by atoms with Gasteiger partial charge in [-0.15, -0.1) is 0 Å². The Morgan fingerprint density at radius 1 is 0.967 bits per heavy atom. The van der Waals surface area contributed by atoms with E-state index in [1.165, 1.54) is 6.42 Å². The summed E-state index contributed by atoms with van der Waals surface area (Å²) in [5, 5.41) is 0. The minimum Gasteiger partial charge on any atom is -0.352 e. The van der Waals surface area contributed by atoms with Crippen LogP contribution in [-0.4, -0.2) is 68.4 Å². The van der Waals surface area contributed by atoms with Gasteiger partial charge in [-0.2, -0.15) is 0 Å². The molecule has 1 spiro atoms. The molecular formula is C22H27N5O3. The lowest BCUT2D eigenvalue weighted by Crippen LogP contribution is -2.55. The van der Waals surface area contributed by atoms with E-state index in [4.69, 9.17) is 4.74 Å². The Kier molecular flexibility index (Phi) is 5.02. The lowest BCUT2D eigenvalue weighted by atomic mass is 9.88. The Hall–Kier alpha value is -2.74. The number of piperidine rings is 2. The highest BCUT2D eigenvalue weighted by Crippen LogP contribution is 2.40. The maximum atomic E-state index is 13.2. The molecule has 0 aliphatic carbocycles. The summed E-state index contributed by atoms with van der Waals surface area (Å²) in [7, 11) is 0. The summed E-state index contributed by atoms with van der Waals surface area (Å²) in [6.07, 6.45) is 11.1. The third-order valence-electron chi connectivity index (χ3n) is 6.58. The summed E-state index contributed by atoms with van der Waals surface area (Å²) in [5.41, 5.74) is 0.0255. The monoisotopic (exact) mass is 409 g/mol. The van der Waals surface area contributed by atoms with Gasteiger partial charge in [-0.3, -0.25) is 14.6 Å². The number of likely N-dealkylation sites (tertiary alicyclic amines) is 2. The zero-order valence-electron chi connectivity index (χ0n) is 17.1. The van der Waals surface area contributed by atoms with Crippen LogP contribution in [0.25, 0.3) is 0 Å². The first-order chi connectivity index (χ1) is 14.7. The van der Waals surface area contributed by atoms with E-state index in [1.54, 1.807) is 30.7 Å². The van der Waals surface area contributed by atoms with Crippen LogP contribution < -0.4 is 0 Å². The van der Waals surface area contributed by atoms with E-state index < -0.39 is 11.7 Å². The van der Waals surface area contributed by atoms with Gasteiger partial charge in [0.05, 0.1) is 6.54 Å². The van der Waals surface area contributed by atoms with Gasteiger partial charge in [0.15, 0.2) is 6.10 Å². The van der Waals surface area contributed by atoms with E-state index in [1.807, 2.05) is 16.0 Å². The molecule has 0 aromatic carbocycles. The van der Waals surface area contributed by atoms with E-state index >= 15 is 0 Å². The van der Waals surface area contributed by atoms with Gasteiger partial charge in [0.1, 0.15) is 11.4 Å². The molecule has 8 heteroatoms. The smallest absolute Gasteiger partial charge is 0.253 e. The SMILES string of the molecule is O=C(c1ccncc1)N1CCC2(CC1)OC(C(=O)N1CCCCC1)Cn1ccnc12. The summed E-state index contributed by atoms with van der Waals surface area (Å²) in [5.74, 6) is 0.970. The average Bonchev–Trinajstić information content (AvgIpc) is 3.30. The molecule has 2 fully saturated rings. The summed E-state index contributed by atoms with van der Waals surface area (Å²) in [6, 6.07) is 3.48. The van der Waals surface area contributed by atoms with Crippen LogP contribution in [0, 0.1) is 0 Å². The molecule has 0 radical (unpaired) electrons. The topological polar surface area (TPSA) is 80.6 Å². The summed E-state index contributed by atoms with van der Waals surface area (Å²) < 4.78 is 8.59. The lowest BCUT2D eigenvalue weighted by molar-refractivity contribution is -0.180. The van der Waals surface area contributed by atoms with Gasteiger partial charge in [-0.05, 0) is 31.4 Å². The third kappa shape index (κ3) is 3.39. The molecule has 30 heavy (non-hydrogen) atoms. The molecule has 8 nitrogen and oxygen atoms in total. The molecule has 0 bridgehead atoms. The van der Waals surface area contributed by atoms with Crippen molar-refractivity contribution >= 4 is 11.8 Å². The number of ether oxygens (including phenoxy) is 1. The molecule has 2 saturated heterocycles. The molecule has 5 rings (SSSR count). The zero-order chi connectivity index (χ0) is 20.6. The Bertz CT molecular complexity index is 914. The average molecular weight is 409 g/mol. The van der Waals surface area contributed by atoms with Gasteiger partial charge in [0, 0.05) is 69.4 Å². The van der Waals surface area contributed by atoms with E-state index in [0.29, 0.717) is 38.0 Å². The van der Waals surface area contributed by atoms with E-state index in [0.717, 1.165) is 31.8 Å². The van der Waals surface area contributed by atoms with Crippen LogP contribution in [0.1, 0.15) is 48.3 Å². The van der Waals surface area contributed by atoms with E-state index in [9.17, 15) is 9.59 Å². The summed E-state index contributed by atoms with van der Waals surface area (Å²) in [6.45, 7) is 3.27. The second-order valence-electron chi connectivity index (χ2n) is 8.42. The Balaban J connectivity index is 1.33. The number of hydrogen-bond donors (Lipinski definition) is 0. The number of hydrogen-bond acceptors (Lipinski definition) is 5. The quantitative estimate of drug-likeness (QED) is 0.756. The number of carbonyl (C=O) groups excluding carboxylic acids is 2. The summed E-state index contributed by atoms with van der Waals surface area (Å²) >= 11 is 0. The highest BCUT2D eigenvalue weighted by Gasteiger charge is 2.48. The van der Waals surface area contributed by atoms with Gasteiger partial charge in [-0.25, -0.2) is 4.98 Å². The predicted molar refractivity (Wildman–Crippen MR) is 109 cm³/mol. The maximum Gasteiger partial charge on any atom is 0.253 e. The molecule has 3 aliphatic heterocycles. The van der Waals surface area contributed by atoms with Crippen LogP contribution in [0.2, 0.25) is 0 Å². The largest absolute Gasteiger partial charge is 0.352 e. The fraction of sp³-hybridized carbons (Fsp3) is 0.545. The van der Waals surface area contributed by atoms with Gasteiger partial charge >= 0.3 is 0 Å². The minimum atomic E-state index is -0.618. The summed E-state index contributed by atoms with van der Waals surface area (Å²) in [4.78, 5) is 38.3. The van der Waals surface area contributed by atoms with Crippen LogP contribution in [0.4, 0.5) is 0 Å². The minimum absolute atomic E-state index is 0.00680. The van der Waals surface area contributed by atoms with Gasteiger partial charge in [-0.1, -0.05) is 0 Å². The number of fused-ring (bicyclic) bond motifs is 2. The number of amides is 2. The van der Waals surface area contributed by atoms with Crippen molar-refractivity contribution in [1.29, 1.82) is 0 Å².